The maximum absolute atomic E-state index is 11.4. The van der Waals surface area contributed by atoms with E-state index in [1.54, 1.807) is 16.8 Å². The van der Waals surface area contributed by atoms with Crippen LogP contribution in [0.5, 0.6) is 0 Å². The molecule has 0 unspecified atom stereocenters. The van der Waals surface area contributed by atoms with Crippen LogP contribution in [0.2, 0.25) is 0 Å². The minimum atomic E-state index is -1.21. The number of nitro groups is 1. The summed E-state index contributed by atoms with van der Waals surface area (Å²) in [6.07, 6.45) is 0. The first kappa shape index (κ1) is 13.2. The number of rotatable bonds is 3. The van der Waals surface area contributed by atoms with Crippen LogP contribution in [0.3, 0.4) is 0 Å². The van der Waals surface area contributed by atoms with E-state index in [0.29, 0.717) is 5.56 Å². The van der Waals surface area contributed by atoms with Crippen molar-refractivity contribution in [1.82, 2.24) is 4.98 Å². The maximum Gasteiger partial charge on any atom is 0.338 e. The Morgan fingerprint density at radius 2 is 2.11 bits per heavy atom. The van der Waals surface area contributed by atoms with Gasteiger partial charge in [0.2, 0.25) is 0 Å². The van der Waals surface area contributed by atoms with Crippen molar-refractivity contribution in [3.63, 3.8) is 0 Å². The van der Waals surface area contributed by atoms with Crippen LogP contribution in [0.4, 0.5) is 5.69 Å². The zero-order chi connectivity index (χ0) is 14.2. The average Bonchev–Trinajstić information content (AvgIpc) is 2.79. The van der Waals surface area contributed by atoms with Gasteiger partial charge in [-0.15, -0.1) is 0 Å². The molecule has 0 saturated heterocycles. The summed E-state index contributed by atoms with van der Waals surface area (Å²) in [4.78, 5) is 25.9. The SMILES string of the molecule is Cc1nc(C)c([N+](=O)[O-])c(-c2ccsc2)c1C(=O)O. The summed E-state index contributed by atoms with van der Waals surface area (Å²) in [5, 5.41) is 23.9. The molecule has 0 fully saturated rings. The highest BCUT2D eigenvalue weighted by molar-refractivity contribution is 7.08. The minimum Gasteiger partial charge on any atom is -0.478 e. The fraction of sp³-hybridized carbons (Fsp3) is 0.167. The molecule has 2 aromatic heterocycles. The molecule has 2 heterocycles. The van der Waals surface area contributed by atoms with Crippen molar-refractivity contribution in [1.29, 1.82) is 0 Å². The van der Waals surface area contributed by atoms with Gasteiger partial charge in [-0.1, -0.05) is 0 Å². The molecule has 1 N–H and O–H groups in total. The predicted octanol–water partition coefficient (Wildman–Crippen LogP) is 3.03. The molecule has 98 valence electrons. The number of thiophene rings is 1. The number of nitrogens with zero attached hydrogens (tertiary/aromatic N) is 2. The molecule has 0 bridgehead atoms. The van der Waals surface area contributed by atoms with E-state index in [0.717, 1.165) is 0 Å². The fourth-order valence-electron chi connectivity index (χ4n) is 2.01. The number of aryl methyl sites for hydroxylation is 2. The standard InChI is InChI=1S/C12H10N2O4S/c1-6-9(12(15)16)10(8-3-4-19-5-8)11(14(17)18)7(2)13-6/h3-5H,1-2H3,(H,15,16). The smallest absolute Gasteiger partial charge is 0.338 e. The number of carboxylic acid groups (broad SMARTS) is 1. The molecule has 6 nitrogen and oxygen atoms in total. The highest BCUT2D eigenvalue weighted by Crippen LogP contribution is 2.37. The Labute approximate surface area is 112 Å². The van der Waals surface area contributed by atoms with Crippen LogP contribution in [0.15, 0.2) is 16.8 Å². The molecule has 0 amide bonds. The first-order valence-electron chi connectivity index (χ1n) is 5.35. The third-order valence-electron chi connectivity index (χ3n) is 2.73. The van der Waals surface area contributed by atoms with Crippen LogP contribution in [0.25, 0.3) is 11.1 Å². The number of carboxylic acids is 1. The van der Waals surface area contributed by atoms with Crippen molar-refractivity contribution in [2.24, 2.45) is 0 Å². The van der Waals surface area contributed by atoms with Crippen molar-refractivity contribution < 1.29 is 14.8 Å². The van der Waals surface area contributed by atoms with E-state index in [1.165, 1.54) is 25.2 Å². The third-order valence-corrected chi connectivity index (χ3v) is 3.42. The Kier molecular flexibility index (Phi) is 3.30. The number of aromatic carboxylic acids is 1. The van der Waals surface area contributed by atoms with Gasteiger partial charge in [-0.3, -0.25) is 15.1 Å². The fourth-order valence-corrected chi connectivity index (χ4v) is 2.66. The molecule has 0 spiro atoms. The number of hydrogen-bond donors (Lipinski definition) is 1. The van der Waals surface area contributed by atoms with Gasteiger partial charge in [0.1, 0.15) is 5.69 Å². The number of hydrogen-bond acceptors (Lipinski definition) is 5. The molecule has 0 aliphatic carbocycles. The van der Waals surface area contributed by atoms with E-state index in [-0.39, 0.29) is 28.2 Å². The lowest BCUT2D eigenvalue weighted by Gasteiger charge is -2.10. The number of pyridine rings is 1. The van der Waals surface area contributed by atoms with E-state index in [4.69, 9.17) is 0 Å². The van der Waals surface area contributed by atoms with E-state index in [2.05, 4.69) is 4.98 Å². The average molecular weight is 278 g/mol. The lowest BCUT2D eigenvalue weighted by molar-refractivity contribution is -0.385. The Morgan fingerprint density at radius 3 is 2.58 bits per heavy atom. The van der Waals surface area contributed by atoms with Gasteiger partial charge in [-0.2, -0.15) is 11.3 Å². The Hall–Kier alpha value is -2.28. The van der Waals surface area contributed by atoms with Gasteiger partial charge in [-0.25, -0.2) is 4.79 Å². The molecule has 2 rings (SSSR count). The van der Waals surface area contributed by atoms with E-state index in [1.807, 2.05) is 0 Å². The van der Waals surface area contributed by atoms with Crippen LogP contribution in [-0.4, -0.2) is 21.0 Å². The zero-order valence-electron chi connectivity index (χ0n) is 10.2. The highest BCUT2D eigenvalue weighted by Gasteiger charge is 2.29. The van der Waals surface area contributed by atoms with Crippen LogP contribution in [0.1, 0.15) is 21.7 Å². The van der Waals surface area contributed by atoms with Crippen molar-refractivity contribution in [3.05, 3.63) is 43.9 Å². The van der Waals surface area contributed by atoms with Crippen molar-refractivity contribution in [3.8, 4) is 11.1 Å². The molecule has 0 atom stereocenters. The first-order chi connectivity index (χ1) is 8.93. The van der Waals surface area contributed by atoms with Crippen LogP contribution in [-0.2, 0) is 0 Å². The molecule has 0 radical (unpaired) electrons. The molecule has 0 aliphatic heterocycles. The third kappa shape index (κ3) is 2.19. The quantitative estimate of drug-likeness (QED) is 0.688. The van der Waals surface area contributed by atoms with Crippen molar-refractivity contribution in [2.75, 3.05) is 0 Å². The summed E-state index contributed by atoms with van der Waals surface area (Å²) < 4.78 is 0. The summed E-state index contributed by atoms with van der Waals surface area (Å²) in [7, 11) is 0. The topological polar surface area (TPSA) is 93.3 Å². The van der Waals surface area contributed by atoms with Gasteiger partial charge in [0, 0.05) is 5.56 Å². The zero-order valence-corrected chi connectivity index (χ0v) is 11.0. The largest absolute Gasteiger partial charge is 0.478 e. The summed E-state index contributed by atoms with van der Waals surface area (Å²) in [5.41, 5.74) is 0.786. The molecular formula is C12H10N2O4S. The van der Waals surface area contributed by atoms with Gasteiger partial charge in [0.05, 0.1) is 21.7 Å². The molecule has 7 heteroatoms. The second-order valence-corrected chi connectivity index (χ2v) is 4.74. The van der Waals surface area contributed by atoms with Crippen LogP contribution >= 0.6 is 11.3 Å². The van der Waals surface area contributed by atoms with E-state index >= 15 is 0 Å². The molecule has 0 saturated carbocycles. The van der Waals surface area contributed by atoms with E-state index < -0.39 is 10.9 Å². The van der Waals surface area contributed by atoms with Gasteiger partial charge in [-0.05, 0) is 30.7 Å². The van der Waals surface area contributed by atoms with Crippen LogP contribution < -0.4 is 0 Å². The van der Waals surface area contributed by atoms with Gasteiger partial charge in [0.25, 0.3) is 5.69 Å². The number of aromatic nitrogens is 1. The summed E-state index contributed by atoms with van der Waals surface area (Å²) >= 11 is 1.35. The van der Waals surface area contributed by atoms with Gasteiger partial charge >= 0.3 is 5.97 Å². The van der Waals surface area contributed by atoms with E-state index in [9.17, 15) is 20.0 Å². The summed E-state index contributed by atoms with van der Waals surface area (Å²) in [6, 6.07) is 1.66. The van der Waals surface area contributed by atoms with Crippen LogP contribution in [0, 0.1) is 24.0 Å². The monoisotopic (exact) mass is 278 g/mol. The number of carbonyl (C=O) groups is 1. The maximum atomic E-state index is 11.4. The lowest BCUT2D eigenvalue weighted by atomic mass is 9.98. The second-order valence-electron chi connectivity index (χ2n) is 3.96. The van der Waals surface area contributed by atoms with Crippen molar-refractivity contribution >= 4 is 23.0 Å². The summed E-state index contributed by atoms with van der Waals surface area (Å²) in [6.45, 7) is 3.04. The molecule has 0 aromatic carbocycles. The summed E-state index contributed by atoms with van der Waals surface area (Å²) in [5.74, 6) is -1.21. The second kappa shape index (κ2) is 4.77. The first-order valence-corrected chi connectivity index (χ1v) is 6.29. The predicted molar refractivity (Wildman–Crippen MR) is 70.6 cm³/mol. The Morgan fingerprint density at radius 1 is 1.42 bits per heavy atom. The molecule has 2 aromatic rings. The molecule has 19 heavy (non-hydrogen) atoms. The molecular weight excluding hydrogens is 268 g/mol. The van der Waals surface area contributed by atoms with Gasteiger partial charge < -0.3 is 5.11 Å². The Bertz CT molecular complexity index is 627. The van der Waals surface area contributed by atoms with Gasteiger partial charge in [0.15, 0.2) is 0 Å². The normalized spacial score (nSPS) is 10.4. The van der Waals surface area contributed by atoms with Crippen molar-refractivity contribution in [2.45, 2.75) is 13.8 Å². The Balaban J connectivity index is 2.93. The highest BCUT2D eigenvalue weighted by atomic mass is 32.1. The lowest BCUT2D eigenvalue weighted by Crippen LogP contribution is -2.09. The molecule has 0 aliphatic rings. The minimum absolute atomic E-state index is 0.115.